The molecule has 1 aliphatic heterocycles. The SMILES string of the molecule is Cn1cc(-c2cncc3nc(Nc4ccc5c(c4)NC(=O)C5(C)C)nn23)cn1. The van der Waals surface area contributed by atoms with Gasteiger partial charge in [-0.15, -0.1) is 5.10 Å². The van der Waals surface area contributed by atoms with Crippen LogP contribution in [0.1, 0.15) is 19.4 Å². The molecule has 1 aromatic carbocycles. The predicted molar refractivity (Wildman–Crippen MR) is 104 cm³/mol. The Balaban J connectivity index is 1.50. The fourth-order valence-electron chi connectivity index (χ4n) is 3.42. The summed E-state index contributed by atoms with van der Waals surface area (Å²) in [6.07, 6.45) is 7.05. The van der Waals surface area contributed by atoms with E-state index in [9.17, 15) is 4.79 Å². The minimum absolute atomic E-state index is 0.00214. The van der Waals surface area contributed by atoms with E-state index in [1.165, 1.54) is 0 Å². The number of carbonyl (C=O) groups excluding carboxylic acids is 1. The van der Waals surface area contributed by atoms with Crippen molar-refractivity contribution in [2.75, 3.05) is 10.6 Å². The van der Waals surface area contributed by atoms with E-state index >= 15 is 0 Å². The average molecular weight is 374 g/mol. The van der Waals surface area contributed by atoms with Gasteiger partial charge >= 0.3 is 0 Å². The molecule has 2 N–H and O–H groups in total. The lowest BCUT2D eigenvalue weighted by molar-refractivity contribution is -0.119. The molecule has 0 fully saturated rings. The van der Waals surface area contributed by atoms with Gasteiger partial charge in [0.1, 0.15) is 0 Å². The third-order valence-electron chi connectivity index (χ3n) is 5.01. The number of hydrogen-bond acceptors (Lipinski definition) is 6. The van der Waals surface area contributed by atoms with Crippen LogP contribution in [0.25, 0.3) is 16.9 Å². The molecular formula is C19H18N8O. The maximum absolute atomic E-state index is 12.1. The highest BCUT2D eigenvalue weighted by Gasteiger charge is 2.38. The molecular weight excluding hydrogens is 356 g/mol. The lowest BCUT2D eigenvalue weighted by Crippen LogP contribution is -2.26. The van der Waals surface area contributed by atoms with Crippen molar-refractivity contribution in [3.8, 4) is 11.3 Å². The maximum atomic E-state index is 12.1. The van der Waals surface area contributed by atoms with Crippen LogP contribution in [0, 0.1) is 0 Å². The van der Waals surface area contributed by atoms with Gasteiger partial charge in [-0.2, -0.15) is 10.1 Å². The van der Waals surface area contributed by atoms with Gasteiger partial charge < -0.3 is 10.6 Å². The topological polar surface area (TPSA) is 102 Å². The quantitative estimate of drug-likeness (QED) is 0.571. The molecule has 1 aliphatic rings. The number of nitrogens with one attached hydrogen (secondary N) is 2. The third-order valence-corrected chi connectivity index (χ3v) is 5.01. The van der Waals surface area contributed by atoms with Crippen LogP contribution in [0.15, 0.2) is 43.0 Å². The second kappa shape index (κ2) is 5.62. The molecule has 28 heavy (non-hydrogen) atoms. The minimum Gasteiger partial charge on any atom is -0.325 e. The van der Waals surface area contributed by atoms with Crippen LogP contribution < -0.4 is 10.6 Å². The molecule has 9 nitrogen and oxygen atoms in total. The average Bonchev–Trinajstić information content (AvgIpc) is 3.31. The van der Waals surface area contributed by atoms with Gasteiger partial charge in [0.15, 0.2) is 5.65 Å². The highest BCUT2D eigenvalue weighted by molar-refractivity contribution is 6.06. The van der Waals surface area contributed by atoms with Crippen LogP contribution in [0.3, 0.4) is 0 Å². The first-order valence-corrected chi connectivity index (χ1v) is 8.84. The minimum atomic E-state index is -0.528. The van der Waals surface area contributed by atoms with E-state index in [2.05, 4.69) is 30.8 Å². The summed E-state index contributed by atoms with van der Waals surface area (Å²) in [4.78, 5) is 20.9. The summed E-state index contributed by atoms with van der Waals surface area (Å²) in [5.74, 6) is 0.444. The molecule has 140 valence electrons. The molecule has 0 spiro atoms. The van der Waals surface area contributed by atoms with Gasteiger partial charge in [0, 0.05) is 30.2 Å². The zero-order valence-electron chi connectivity index (χ0n) is 15.6. The van der Waals surface area contributed by atoms with Crippen molar-refractivity contribution in [1.29, 1.82) is 0 Å². The normalized spacial score (nSPS) is 14.9. The molecule has 0 atom stereocenters. The number of benzene rings is 1. The molecule has 3 aromatic heterocycles. The number of anilines is 3. The summed E-state index contributed by atoms with van der Waals surface area (Å²) in [5.41, 5.74) is 4.38. The monoisotopic (exact) mass is 374 g/mol. The number of hydrogen-bond donors (Lipinski definition) is 2. The van der Waals surface area contributed by atoms with Crippen molar-refractivity contribution >= 4 is 28.9 Å². The first kappa shape index (κ1) is 16.4. The standard InChI is InChI=1S/C19H18N8O/c1-19(2)13-5-4-12(6-14(13)23-17(19)28)22-18-24-16-9-20-8-15(27(16)25-18)11-7-21-26(3)10-11/h4-10H,1-3H3,(H,22,25)(H,23,28). The van der Waals surface area contributed by atoms with Crippen LogP contribution in [-0.4, -0.2) is 35.3 Å². The number of amides is 1. The van der Waals surface area contributed by atoms with Gasteiger partial charge in [-0.1, -0.05) is 6.07 Å². The summed E-state index contributed by atoms with van der Waals surface area (Å²) < 4.78 is 3.45. The Morgan fingerprint density at radius 2 is 2.04 bits per heavy atom. The van der Waals surface area contributed by atoms with E-state index in [-0.39, 0.29) is 5.91 Å². The summed E-state index contributed by atoms with van der Waals surface area (Å²) in [6.45, 7) is 3.83. The predicted octanol–water partition coefficient (Wildman–Crippen LogP) is 2.50. The zero-order chi connectivity index (χ0) is 19.5. The van der Waals surface area contributed by atoms with E-state index in [1.807, 2.05) is 45.3 Å². The number of rotatable bonds is 3. The first-order valence-electron chi connectivity index (χ1n) is 8.84. The fourth-order valence-corrected chi connectivity index (χ4v) is 3.42. The molecule has 5 rings (SSSR count). The van der Waals surface area contributed by atoms with Crippen LogP contribution >= 0.6 is 0 Å². The maximum Gasteiger partial charge on any atom is 0.247 e. The molecule has 0 saturated heterocycles. The van der Waals surface area contributed by atoms with E-state index in [0.717, 1.165) is 28.2 Å². The van der Waals surface area contributed by atoms with Crippen LogP contribution in [-0.2, 0) is 17.3 Å². The second-order valence-electron chi connectivity index (χ2n) is 7.37. The van der Waals surface area contributed by atoms with Gasteiger partial charge in [0.05, 0.1) is 29.7 Å². The summed E-state index contributed by atoms with van der Waals surface area (Å²) >= 11 is 0. The van der Waals surface area contributed by atoms with Crippen molar-refractivity contribution in [3.05, 3.63) is 48.5 Å². The molecule has 0 unspecified atom stereocenters. The number of aryl methyl sites for hydroxylation is 1. The van der Waals surface area contributed by atoms with E-state index < -0.39 is 5.41 Å². The Bertz CT molecular complexity index is 1240. The highest BCUT2D eigenvalue weighted by Crippen LogP contribution is 2.38. The second-order valence-corrected chi connectivity index (χ2v) is 7.37. The molecule has 4 aromatic rings. The Morgan fingerprint density at radius 3 is 2.82 bits per heavy atom. The third kappa shape index (κ3) is 2.43. The van der Waals surface area contributed by atoms with Gasteiger partial charge in [-0.25, -0.2) is 4.52 Å². The largest absolute Gasteiger partial charge is 0.325 e. The Hall–Kier alpha value is -3.75. The first-order chi connectivity index (χ1) is 13.4. The van der Waals surface area contributed by atoms with Gasteiger partial charge in [0.25, 0.3) is 0 Å². The van der Waals surface area contributed by atoms with Crippen molar-refractivity contribution in [2.24, 2.45) is 7.05 Å². The molecule has 0 saturated carbocycles. The Kier molecular flexibility index (Phi) is 3.30. The van der Waals surface area contributed by atoms with E-state index in [4.69, 9.17) is 0 Å². The van der Waals surface area contributed by atoms with Gasteiger partial charge in [-0.3, -0.25) is 14.5 Å². The fraction of sp³-hybridized carbons (Fsp3) is 0.211. The highest BCUT2D eigenvalue weighted by atomic mass is 16.2. The molecule has 1 amide bonds. The Morgan fingerprint density at radius 1 is 1.18 bits per heavy atom. The molecule has 4 heterocycles. The number of carbonyl (C=O) groups is 1. The van der Waals surface area contributed by atoms with Crippen molar-refractivity contribution < 1.29 is 4.79 Å². The lowest BCUT2D eigenvalue weighted by atomic mass is 9.86. The van der Waals surface area contributed by atoms with Gasteiger partial charge in [0.2, 0.25) is 11.9 Å². The number of fused-ring (bicyclic) bond motifs is 2. The smallest absolute Gasteiger partial charge is 0.247 e. The number of nitrogens with zero attached hydrogens (tertiary/aromatic N) is 6. The van der Waals surface area contributed by atoms with E-state index in [0.29, 0.717) is 11.6 Å². The van der Waals surface area contributed by atoms with Crippen molar-refractivity contribution in [2.45, 2.75) is 19.3 Å². The van der Waals surface area contributed by atoms with Crippen molar-refractivity contribution in [3.63, 3.8) is 0 Å². The van der Waals surface area contributed by atoms with Gasteiger partial charge in [-0.05, 0) is 31.5 Å². The lowest BCUT2D eigenvalue weighted by Gasteiger charge is -2.14. The zero-order valence-corrected chi connectivity index (χ0v) is 15.6. The molecule has 0 bridgehead atoms. The summed E-state index contributed by atoms with van der Waals surface area (Å²) in [6, 6.07) is 5.77. The molecule has 0 aliphatic carbocycles. The van der Waals surface area contributed by atoms with Crippen LogP contribution in [0.4, 0.5) is 17.3 Å². The molecule has 9 heteroatoms. The van der Waals surface area contributed by atoms with Crippen LogP contribution in [0.2, 0.25) is 0 Å². The van der Waals surface area contributed by atoms with Crippen LogP contribution in [0.5, 0.6) is 0 Å². The van der Waals surface area contributed by atoms with Crippen molar-refractivity contribution in [1.82, 2.24) is 29.4 Å². The Labute approximate surface area is 160 Å². The summed E-state index contributed by atoms with van der Waals surface area (Å²) in [7, 11) is 1.86. The summed E-state index contributed by atoms with van der Waals surface area (Å²) in [5, 5.41) is 14.9. The number of aromatic nitrogens is 6. The molecule has 0 radical (unpaired) electrons. The van der Waals surface area contributed by atoms with E-state index in [1.54, 1.807) is 27.8 Å².